The van der Waals surface area contributed by atoms with Gasteiger partial charge in [0.15, 0.2) is 0 Å². The maximum absolute atomic E-state index is 12.5. The SMILES string of the molecule is C=CC(=O)N1CCCC(C(=O)NC(C#N)c2c(Cl)cccc2Cl)C1. The van der Waals surface area contributed by atoms with Gasteiger partial charge in [0, 0.05) is 28.7 Å². The minimum atomic E-state index is -0.941. The molecule has 1 heterocycles. The third-order valence-corrected chi connectivity index (χ3v) is 4.64. The van der Waals surface area contributed by atoms with Crippen molar-refractivity contribution in [1.82, 2.24) is 10.2 Å². The summed E-state index contributed by atoms with van der Waals surface area (Å²) in [5.74, 6) is -0.864. The van der Waals surface area contributed by atoms with Crippen molar-refractivity contribution in [3.8, 4) is 6.07 Å². The van der Waals surface area contributed by atoms with Crippen LogP contribution in [-0.4, -0.2) is 29.8 Å². The summed E-state index contributed by atoms with van der Waals surface area (Å²) in [4.78, 5) is 25.8. The van der Waals surface area contributed by atoms with Gasteiger partial charge in [0.1, 0.15) is 6.04 Å². The fraction of sp³-hybridized carbons (Fsp3) is 0.353. The van der Waals surface area contributed by atoms with E-state index in [2.05, 4.69) is 11.9 Å². The summed E-state index contributed by atoms with van der Waals surface area (Å²) >= 11 is 12.2. The van der Waals surface area contributed by atoms with Crippen LogP contribution in [-0.2, 0) is 9.59 Å². The number of likely N-dealkylation sites (tertiary alicyclic amines) is 1. The van der Waals surface area contributed by atoms with Gasteiger partial charge in [-0.2, -0.15) is 5.26 Å². The highest BCUT2D eigenvalue weighted by molar-refractivity contribution is 6.36. The molecule has 0 aromatic heterocycles. The number of nitrogens with zero attached hydrogens (tertiary/aromatic N) is 2. The quantitative estimate of drug-likeness (QED) is 0.833. The number of rotatable bonds is 4. The van der Waals surface area contributed by atoms with Gasteiger partial charge in [-0.25, -0.2) is 0 Å². The Hall–Kier alpha value is -2.03. The van der Waals surface area contributed by atoms with Crippen LogP contribution in [0.3, 0.4) is 0 Å². The summed E-state index contributed by atoms with van der Waals surface area (Å²) in [5, 5.41) is 12.7. The Balaban J connectivity index is 2.11. The highest BCUT2D eigenvalue weighted by Crippen LogP contribution is 2.30. The van der Waals surface area contributed by atoms with E-state index in [1.807, 2.05) is 6.07 Å². The average molecular weight is 366 g/mol. The summed E-state index contributed by atoms with van der Waals surface area (Å²) < 4.78 is 0. The molecule has 1 aromatic carbocycles. The molecule has 1 N–H and O–H groups in total. The first-order valence-electron chi connectivity index (χ1n) is 7.53. The summed E-state index contributed by atoms with van der Waals surface area (Å²) in [6.45, 7) is 4.38. The van der Waals surface area contributed by atoms with E-state index >= 15 is 0 Å². The Morgan fingerprint density at radius 3 is 2.67 bits per heavy atom. The van der Waals surface area contributed by atoms with Gasteiger partial charge in [-0.1, -0.05) is 35.8 Å². The summed E-state index contributed by atoms with van der Waals surface area (Å²) in [6, 6.07) is 5.98. The summed E-state index contributed by atoms with van der Waals surface area (Å²) in [5.41, 5.74) is 0.381. The molecular formula is C17H17Cl2N3O2. The average Bonchev–Trinajstić information content (AvgIpc) is 2.59. The number of halogens is 2. The second-order valence-electron chi connectivity index (χ2n) is 5.53. The first-order valence-corrected chi connectivity index (χ1v) is 8.28. The molecule has 0 aliphatic carbocycles. The molecule has 7 heteroatoms. The van der Waals surface area contributed by atoms with E-state index < -0.39 is 6.04 Å². The maximum Gasteiger partial charge on any atom is 0.245 e. The van der Waals surface area contributed by atoms with E-state index in [4.69, 9.17) is 23.2 Å². The summed E-state index contributed by atoms with van der Waals surface area (Å²) in [7, 11) is 0. The Morgan fingerprint density at radius 2 is 2.08 bits per heavy atom. The lowest BCUT2D eigenvalue weighted by atomic mass is 9.96. The predicted molar refractivity (Wildman–Crippen MR) is 92.5 cm³/mol. The molecule has 2 rings (SSSR count). The Morgan fingerprint density at radius 1 is 1.42 bits per heavy atom. The lowest BCUT2D eigenvalue weighted by Crippen LogP contribution is -2.45. The van der Waals surface area contributed by atoms with Crippen molar-refractivity contribution in [3.05, 3.63) is 46.5 Å². The fourth-order valence-corrected chi connectivity index (χ4v) is 3.35. The van der Waals surface area contributed by atoms with E-state index in [9.17, 15) is 14.9 Å². The normalized spacial score (nSPS) is 18.4. The largest absolute Gasteiger partial charge is 0.338 e. The van der Waals surface area contributed by atoms with Crippen molar-refractivity contribution in [3.63, 3.8) is 0 Å². The number of amides is 2. The summed E-state index contributed by atoms with van der Waals surface area (Å²) in [6.07, 6.45) is 2.62. The van der Waals surface area contributed by atoms with Crippen LogP contribution in [0.5, 0.6) is 0 Å². The van der Waals surface area contributed by atoms with Gasteiger partial charge in [-0.05, 0) is 31.1 Å². The molecule has 1 aliphatic heterocycles. The van der Waals surface area contributed by atoms with Crippen molar-refractivity contribution in [2.75, 3.05) is 13.1 Å². The third kappa shape index (κ3) is 4.08. The molecule has 2 atom stereocenters. The molecule has 1 fully saturated rings. The lowest BCUT2D eigenvalue weighted by Gasteiger charge is -2.31. The van der Waals surface area contributed by atoms with E-state index in [0.717, 1.165) is 6.42 Å². The van der Waals surface area contributed by atoms with Crippen LogP contribution in [0.2, 0.25) is 10.0 Å². The number of hydrogen-bond acceptors (Lipinski definition) is 3. The van der Waals surface area contributed by atoms with Crippen LogP contribution in [0, 0.1) is 17.2 Å². The number of nitrogens with one attached hydrogen (secondary N) is 1. The molecule has 2 amide bonds. The maximum atomic E-state index is 12.5. The standard InChI is InChI=1S/C17H17Cl2N3O2/c1-2-15(23)22-8-4-5-11(10-22)17(24)21-14(9-20)16-12(18)6-3-7-13(16)19/h2-3,6-7,11,14H,1,4-5,8,10H2,(H,21,24). The topological polar surface area (TPSA) is 73.2 Å². The number of carbonyl (C=O) groups excluding carboxylic acids is 2. The van der Waals surface area contributed by atoms with E-state index in [0.29, 0.717) is 35.1 Å². The molecule has 5 nitrogen and oxygen atoms in total. The molecule has 0 spiro atoms. The number of hydrogen-bond donors (Lipinski definition) is 1. The zero-order valence-corrected chi connectivity index (χ0v) is 14.5. The first-order chi connectivity index (χ1) is 11.5. The van der Waals surface area contributed by atoms with Gasteiger partial charge in [0.05, 0.1) is 12.0 Å². The molecule has 1 saturated heterocycles. The van der Waals surface area contributed by atoms with E-state index in [1.165, 1.54) is 6.08 Å². The minimum Gasteiger partial charge on any atom is -0.338 e. The van der Waals surface area contributed by atoms with Crippen LogP contribution >= 0.6 is 23.2 Å². The van der Waals surface area contributed by atoms with E-state index in [-0.39, 0.29) is 17.7 Å². The second-order valence-corrected chi connectivity index (χ2v) is 6.35. The van der Waals surface area contributed by atoms with Crippen LogP contribution < -0.4 is 5.32 Å². The molecule has 126 valence electrons. The molecule has 2 unspecified atom stereocenters. The second kappa shape index (κ2) is 8.18. The fourth-order valence-electron chi connectivity index (χ4n) is 2.74. The predicted octanol–water partition coefficient (Wildman–Crippen LogP) is 3.10. The smallest absolute Gasteiger partial charge is 0.245 e. The highest BCUT2D eigenvalue weighted by atomic mass is 35.5. The zero-order valence-electron chi connectivity index (χ0n) is 13.0. The molecule has 1 aromatic rings. The third-order valence-electron chi connectivity index (χ3n) is 3.98. The van der Waals surface area contributed by atoms with Crippen LogP contribution in [0.1, 0.15) is 24.4 Å². The van der Waals surface area contributed by atoms with Gasteiger partial charge >= 0.3 is 0 Å². The Kier molecular flexibility index (Phi) is 6.24. The number of piperidine rings is 1. The van der Waals surface area contributed by atoms with Crippen LogP contribution in [0.25, 0.3) is 0 Å². The molecular weight excluding hydrogens is 349 g/mol. The molecule has 0 radical (unpaired) electrons. The molecule has 0 bridgehead atoms. The first kappa shape index (κ1) is 18.3. The van der Waals surface area contributed by atoms with Gasteiger partial charge < -0.3 is 10.2 Å². The van der Waals surface area contributed by atoms with Crippen molar-refractivity contribution < 1.29 is 9.59 Å². The lowest BCUT2D eigenvalue weighted by molar-refractivity contribution is -0.132. The Labute approximate surface area is 150 Å². The van der Waals surface area contributed by atoms with E-state index in [1.54, 1.807) is 23.1 Å². The molecule has 1 aliphatic rings. The number of benzene rings is 1. The van der Waals surface area contributed by atoms with Crippen molar-refractivity contribution in [2.45, 2.75) is 18.9 Å². The van der Waals surface area contributed by atoms with Gasteiger partial charge in [0.2, 0.25) is 11.8 Å². The van der Waals surface area contributed by atoms with Crippen molar-refractivity contribution in [1.29, 1.82) is 5.26 Å². The highest BCUT2D eigenvalue weighted by Gasteiger charge is 2.30. The number of carbonyl (C=O) groups is 2. The number of nitriles is 1. The monoisotopic (exact) mass is 365 g/mol. The van der Waals surface area contributed by atoms with Crippen LogP contribution in [0.4, 0.5) is 0 Å². The minimum absolute atomic E-state index is 0.196. The Bertz CT molecular complexity index is 679. The van der Waals surface area contributed by atoms with Gasteiger partial charge in [0.25, 0.3) is 0 Å². The molecule has 0 saturated carbocycles. The van der Waals surface area contributed by atoms with Gasteiger partial charge in [-0.3, -0.25) is 9.59 Å². The van der Waals surface area contributed by atoms with Gasteiger partial charge in [-0.15, -0.1) is 0 Å². The van der Waals surface area contributed by atoms with Crippen LogP contribution in [0.15, 0.2) is 30.9 Å². The van der Waals surface area contributed by atoms with Crippen molar-refractivity contribution in [2.24, 2.45) is 5.92 Å². The van der Waals surface area contributed by atoms with Crippen molar-refractivity contribution >= 4 is 35.0 Å². The molecule has 24 heavy (non-hydrogen) atoms. The zero-order chi connectivity index (χ0) is 17.7.